The molecule has 4 nitrogen and oxygen atoms in total. The lowest BCUT2D eigenvalue weighted by Gasteiger charge is -2.27. The largest absolute Gasteiger partial charge is 0.443 e. The number of rotatable bonds is 4. The third kappa shape index (κ3) is 2.80. The zero-order chi connectivity index (χ0) is 13.1. The summed E-state index contributed by atoms with van der Waals surface area (Å²) in [5.74, 6) is 0.809. The third-order valence-electron chi connectivity index (χ3n) is 4.13. The van der Waals surface area contributed by atoms with Crippen LogP contribution in [0.5, 0.6) is 0 Å². The van der Waals surface area contributed by atoms with E-state index in [2.05, 4.69) is 27.8 Å². The van der Waals surface area contributed by atoms with Crippen molar-refractivity contribution in [2.75, 3.05) is 20.1 Å². The fraction of sp³-hybridized carbons (Fsp3) is 0.533. The molecule has 0 aliphatic carbocycles. The van der Waals surface area contributed by atoms with E-state index < -0.39 is 0 Å². The van der Waals surface area contributed by atoms with Crippen LogP contribution in [0.3, 0.4) is 0 Å². The van der Waals surface area contributed by atoms with E-state index in [0.29, 0.717) is 6.04 Å². The second-order valence-electron chi connectivity index (χ2n) is 5.35. The number of aromatic nitrogens is 1. The smallest absolute Gasteiger partial charge is 0.181 e. The first-order valence-electron chi connectivity index (χ1n) is 7.08. The highest BCUT2D eigenvalue weighted by Crippen LogP contribution is 2.28. The van der Waals surface area contributed by atoms with E-state index in [1.165, 1.54) is 31.2 Å². The van der Waals surface area contributed by atoms with Gasteiger partial charge in [-0.2, -0.15) is 0 Å². The molecule has 1 aromatic heterocycles. The van der Waals surface area contributed by atoms with Crippen LogP contribution < -0.4 is 10.6 Å². The molecular formula is C15H21N3O. The van der Waals surface area contributed by atoms with Gasteiger partial charge in [-0.1, -0.05) is 6.07 Å². The molecule has 1 fully saturated rings. The number of oxazole rings is 1. The fourth-order valence-corrected chi connectivity index (χ4v) is 2.96. The maximum Gasteiger partial charge on any atom is 0.181 e. The first-order chi connectivity index (χ1) is 9.36. The van der Waals surface area contributed by atoms with Crippen LogP contribution in [0.1, 0.15) is 30.9 Å². The monoisotopic (exact) mass is 259 g/mol. The van der Waals surface area contributed by atoms with E-state index in [4.69, 9.17) is 4.42 Å². The maximum atomic E-state index is 5.39. The van der Waals surface area contributed by atoms with Crippen LogP contribution in [0.15, 0.2) is 29.0 Å². The van der Waals surface area contributed by atoms with Gasteiger partial charge >= 0.3 is 0 Å². The van der Waals surface area contributed by atoms with E-state index in [9.17, 15) is 0 Å². The molecule has 19 heavy (non-hydrogen) atoms. The Labute approximate surface area is 113 Å². The van der Waals surface area contributed by atoms with Crippen LogP contribution >= 0.6 is 0 Å². The van der Waals surface area contributed by atoms with Gasteiger partial charge in [-0.05, 0) is 63.0 Å². The summed E-state index contributed by atoms with van der Waals surface area (Å²) < 4.78 is 5.39. The van der Waals surface area contributed by atoms with Gasteiger partial charge in [-0.25, -0.2) is 4.98 Å². The van der Waals surface area contributed by atoms with Crippen LogP contribution in [0.25, 0.3) is 11.1 Å². The molecule has 0 saturated carbocycles. The molecule has 1 aliphatic heterocycles. The number of hydrogen-bond acceptors (Lipinski definition) is 4. The van der Waals surface area contributed by atoms with Gasteiger partial charge in [-0.3, -0.25) is 0 Å². The average molecular weight is 259 g/mol. The van der Waals surface area contributed by atoms with Crippen LogP contribution in [0.2, 0.25) is 0 Å². The molecule has 0 spiro atoms. The first kappa shape index (κ1) is 12.6. The quantitative estimate of drug-likeness (QED) is 0.885. The van der Waals surface area contributed by atoms with Crippen molar-refractivity contribution >= 4 is 11.1 Å². The van der Waals surface area contributed by atoms with E-state index in [0.717, 1.165) is 30.1 Å². The number of nitrogens with one attached hydrogen (secondary N) is 2. The van der Waals surface area contributed by atoms with Crippen molar-refractivity contribution < 1.29 is 4.42 Å². The summed E-state index contributed by atoms with van der Waals surface area (Å²) in [5, 5.41) is 6.86. The maximum absolute atomic E-state index is 5.39. The van der Waals surface area contributed by atoms with Crippen molar-refractivity contribution in [3.05, 3.63) is 30.2 Å². The first-order valence-corrected chi connectivity index (χ1v) is 7.08. The lowest BCUT2D eigenvalue weighted by Crippen LogP contribution is -2.30. The molecule has 1 unspecified atom stereocenters. The summed E-state index contributed by atoms with van der Waals surface area (Å²) in [6.07, 6.45) is 5.26. The Balaban J connectivity index is 1.76. The Morgan fingerprint density at radius 1 is 1.42 bits per heavy atom. The van der Waals surface area contributed by atoms with Crippen LogP contribution in [0.4, 0.5) is 0 Å². The highest BCUT2D eigenvalue weighted by Gasteiger charge is 2.19. The van der Waals surface area contributed by atoms with Crippen molar-refractivity contribution in [2.24, 2.45) is 5.92 Å². The van der Waals surface area contributed by atoms with Crippen LogP contribution in [-0.4, -0.2) is 25.1 Å². The number of piperidine rings is 1. The van der Waals surface area contributed by atoms with Crippen molar-refractivity contribution in [1.82, 2.24) is 15.6 Å². The van der Waals surface area contributed by atoms with E-state index >= 15 is 0 Å². The topological polar surface area (TPSA) is 50.1 Å². The molecule has 0 amide bonds. The predicted molar refractivity (Wildman–Crippen MR) is 76.0 cm³/mol. The highest BCUT2D eigenvalue weighted by atomic mass is 16.3. The Morgan fingerprint density at radius 3 is 3.05 bits per heavy atom. The Bertz CT molecular complexity index is 531. The van der Waals surface area contributed by atoms with E-state index in [1.807, 2.05) is 13.1 Å². The second kappa shape index (κ2) is 5.72. The van der Waals surface area contributed by atoms with Gasteiger partial charge < -0.3 is 15.1 Å². The molecule has 0 radical (unpaired) electrons. The summed E-state index contributed by atoms with van der Waals surface area (Å²) in [6, 6.07) is 6.72. The van der Waals surface area contributed by atoms with Crippen molar-refractivity contribution in [2.45, 2.75) is 25.3 Å². The Hall–Kier alpha value is -1.39. The lowest BCUT2D eigenvalue weighted by molar-refractivity contribution is 0.318. The predicted octanol–water partition coefficient (Wildman–Crippen LogP) is 2.48. The number of nitrogens with zero attached hydrogens (tertiary/aromatic N) is 1. The summed E-state index contributed by atoms with van der Waals surface area (Å²) in [7, 11) is 2.04. The van der Waals surface area contributed by atoms with Crippen molar-refractivity contribution in [3.63, 3.8) is 0 Å². The van der Waals surface area contributed by atoms with Gasteiger partial charge in [0, 0.05) is 6.04 Å². The van der Waals surface area contributed by atoms with E-state index in [1.54, 1.807) is 0 Å². The summed E-state index contributed by atoms with van der Waals surface area (Å²) in [4.78, 5) is 4.17. The van der Waals surface area contributed by atoms with Crippen LogP contribution in [-0.2, 0) is 0 Å². The molecule has 1 aliphatic rings. The zero-order valence-corrected chi connectivity index (χ0v) is 11.4. The van der Waals surface area contributed by atoms with Gasteiger partial charge in [0.2, 0.25) is 0 Å². The summed E-state index contributed by atoms with van der Waals surface area (Å²) in [6.45, 7) is 2.31. The SMILES string of the molecule is CNC(CC1CCNCC1)c1ccc2ncoc2c1. The third-order valence-corrected chi connectivity index (χ3v) is 4.13. The Morgan fingerprint density at radius 2 is 2.26 bits per heavy atom. The number of fused-ring (bicyclic) bond motifs is 1. The lowest BCUT2D eigenvalue weighted by atomic mass is 9.88. The van der Waals surface area contributed by atoms with Crippen molar-refractivity contribution in [3.8, 4) is 0 Å². The minimum atomic E-state index is 0.401. The van der Waals surface area contributed by atoms with Gasteiger partial charge in [-0.15, -0.1) is 0 Å². The summed E-state index contributed by atoms with van der Waals surface area (Å²) in [5.41, 5.74) is 3.11. The molecule has 1 aromatic carbocycles. The van der Waals surface area contributed by atoms with Crippen LogP contribution in [0, 0.1) is 5.92 Å². The van der Waals surface area contributed by atoms with Crippen molar-refractivity contribution in [1.29, 1.82) is 0 Å². The minimum absolute atomic E-state index is 0.401. The molecule has 102 valence electrons. The molecule has 2 aromatic rings. The molecule has 0 bridgehead atoms. The molecule has 1 saturated heterocycles. The normalized spacial score (nSPS) is 18.8. The molecule has 2 heterocycles. The molecule has 2 N–H and O–H groups in total. The Kier molecular flexibility index (Phi) is 3.80. The number of hydrogen-bond donors (Lipinski definition) is 2. The molecular weight excluding hydrogens is 238 g/mol. The summed E-state index contributed by atoms with van der Waals surface area (Å²) >= 11 is 0. The van der Waals surface area contributed by atoms with Gasteiger partial charge in [0.15, 0.2) is 12.0 Å². The fourth-order valence-electron chi connectivity index (χ4n) is 2.96. The van der Waals surface area contributed by atoms with Gasteiger partial charge in [0.1, 0.15) is 5.52 Å². The van der Waals surface area contributed by atoms with Gasteiger partial charge in [0.25, 0.3) is 0 Å². The van der Waals surface area contributed by atoms with E-state index in [-0.39, 0.29) is 0 Å². The minimum Gasteiger partial charge on any atom is -0.443 e. The second-order valence-corrected chi connectivity index (χ2v) is 5.35. The molecule has 1 atom stereocenters. The average Bonchev–Trinajstić information content (AvgIpc) is 2.93. The zero-order valence-electron chi connectivity index (χ0n) is 11.4. The highest BCUT2D eigenvalue weighted by molar-refractivity contribution is 5.72. The molecule has 3 rings (SSSR count). The number of benzene rings is 1. The molecule has 4 heteroatoms. The standard InChI is InChI=1S/C15H21N3O/c1-16-14(8-11-4-6-17-7-5-11)12-2-3-13-15(9-12)19-10-18-13/h2-3,9-11,14,16-17H,4-8H2,1H3. The van der Waals surface area contributed by atoms with Gasteiger partial charge in [0.05, 0.1) is 0 Å².